The van der Waals surface area contributed by atoms with Crippen molar-refractivity contribution in [3.63, 3.8) is 0 Å². The van der Waals surface area contributed by atoms with Crippen molar-refractivity contribution in [2.24, 2.45) is 0 Å². The first kappa shape index (κ1) is 20.3. The van der Waals surface area contributed by atoms with Gasteiger partial charge in [-0.2, -0.15) is 0 Å². The van der Waals surface area contributed by atoms with Gasteiger partial charge < -0.3 is 18.9 Å². The van der Waals surface area contributed by atoms with Crippen molar-refractivity contribution in [1.29, 1.82) is 0 Å². The maximum atomic E-state index is 5.66. The number of benzene rings is 3. The van der Waals surface area contributed by atoms with Crippen LogP contribution in [-0.4, -0.2) is 28.4 Å². The van der Waals surface area contributed by atoms with E-state index in [-0.39, 0.29) is 0 Å². The fourth-order valence-electron chi connectivity index (χ4n) is 3.25. The van der Waals surface area contributed by atoms with Gasteiger partial charge in [0.05, 0.1) is 28.4 Å². The zero-order chi connectivity index (χ0) is 20.6. The number of allylic oxidation sites excluding steroid dienone is 1. The third-order valence-electron chi connectivity index (χ3n) is 4.80. The van der Waals surface area contributed by atoms with E-state index in [2.05, 4.69) is 18.2 Å². The smallest absolute Gasteiger partial charge is 0.130 e. The minimum absolute atomic E-state index is 0.701. The highest BCUT2D eigenvalue weighted by atomic mass is 16.5. The van der Waals surface area contributed by atoms with Gasteiger partial charge in [0, 0.05) is 17.7 Å². The van der Waals surface area contributed by atoms with Gasteiger partial charge in [-0.05, 0) is 41.3 Å². The molecule has 0 aliphatic rings. The lowest BCUT2D eigenvalue weighted by Crippen LogP contribution is -1.97. The Morgan fingerprint density at radius 1 is 0.690 bits per heavy atom. The van der Waals surface area contributed by atoms with E-state index in [1.165, 1.54) is 0 Å². The minimum Gasteiger partial charge on any atom is -0.497 e. The van der Waals surface area contributed by atoms with Crippen molar-refractivity contribution in [1.82, 2.24) is 0 Å². The van der Waals surface area contributed by atoms with Crippen molar-refractivity contribution in [2.45, 2.75) is 6.42 Å². The summed E-state index contributed by atoms with van der Waals surface area (Å²) in [6.45, 7) is 0. The van der Waals surface area contributed by atoms with Crippen LogP contribution in [0.5, 0.6) is 23.0 Å². The molecule has 0 radical (unpaired) electrons. The van der Waals surface area contributed by atoms with Gasteiger partial charge >= 0.3 is 0 Å². The zero-order valence-electron chi connectivity index (χ0n) is 17.3. The summed E-state index contributed by atoms with van der Waals surface area (Å²) in [6.07, 6.45) is 2.90. The summed E-state index contributed by atoms with van der Waals surface area (Å²) in [6, 6.07) is 22.0. The highest BCUT2D eigenvalue weighted by molar-refractivity contribution is 5.83. The van der Waals surface area contributed by atoms with Gasteiger partial charge in [-0.15, -0.1) is 0 Å². The van der Waals surface area contributed by atoms with Crippen molar-refractivity contribution >= 4 is 5.57 Å². The highest BCUT2D eigenvalue weighted by Crippen LogP contribution is 2.35. The summed E-state index contributed by atoms with van der Waals surface area (Å²) in [5, 5.41) is 0. The van der Waals surface area contributed by atoms with Gasteiger partial charge in [-0.25, -0.2) is 0 Å². The average Bonchev–Trinajstić information content (AvgIpc) is 2.79. The van der Waals surface area contributed by atoms with Crippen LogP contribution in [0.1, 0.15) is 16.7 Å². The zero-order valence-corrected chi connectivity index (χ0v) is 17.3. The number of hydrogen-bond donors (Lipinski definition) is 0. The second-order valence-electron chi connectivity index (χ2n) is 6.43. The highest BCUT2D eigenvalue weighted by Gasteiger charge is 2.13. The number of hydrogen-bond acceptors (Lipinski definition) is 4. The summed E-state index contributed by atoms with van der Waals surface area (Å²) in [5.74, 6) is 3.10. The molecular formula is C25H26O4. The van der Waals surface area contributed by atoms with Crippen LogP contribution >= 0.6 is 0 Å². The Balaban J connectivity index is 2.06. The molecule has 0 saturated carbocycles. The molecule has 0 heterocycles. The molecular weight excluding hydrogens is 364 g/mol. The van der Waals surface area contributed by atoms with Crippen molar-refractivity contribution in [3.8, 4) is 23.0 Å². The molecule has 0 aliphatic carbocycles. The van der Waals surface area contributed by atoms with Crippen LogP contribution in [0.3, 0.4) is 0 Å². The Labute approximate surface area is 172 Å². The molecule has 4 nitrogen and oxygen atoms in total. The molecule has 0 bridgehead atoms. The lowest BCUT2D eigenvalue weighted by atomic mass is 9.94. The number of rotatable bonds is 8. The molecule has 0 saturated heterocycles. The second kappa shape index (κ2) is 9.69. The molecule has 4 heteroatoms. The minimum atomic E-state index is 0.701. The van der Waals surface area contributed by atoms with Crippen molar-refractivity contribution in [2.75, 3.05) is 28.4 Å². The Bertz CT molecular complexity index is 977. The van der Waals surface area contributed by atoms with Gasteiger partial charge in [0.15, 0.2) is 0 Å². The molecule has 3 aromatic rings. The van der Waals surface area contributed by atoms with E-state index >= 15 is 0 Å². The van der Waals surface area contributed by atoms with Crippen LogP contribution in [0.4, 0.5) is 0 Å². The summed E-state index contributed by atoms with van der Waals surface area (Å²) in [4.78, 5) is 0. The molecule has 0 atom stereocenters. The first-order valence-electron chi connectivity index (χ1n) is 9.39. The molecule has 150 valence electrons. The lowest BCUT2D eigenvalue weighted by Gasteiger charge is -2.15. The molecule has 3 rings (SSSR count). The molecule has 0 amide bonds. The van der Waals surface area contributed by atoms with Crippen LogP contribution in [0, 0.1) is 0 Å². The van der Waals surface area contributed by atoms with Gasteiger partial charge in [-0.1, -0.05) is 42.5 Å². The van der Waals surface area contributed by atoms with E-state index < -0.39 is 0 Å². The summed E-state index contributed by atoms with van der Waals surface area (Å²) < 4.78 is 21.9. The molecule has 0 spiro atoms. The van der Waals surface area contributed by atoms with E-state index in [1.807, 2.05) is 54.6 Å². The fraction of sp³-hybridized carbons (Fsp3) is 0.200. The van der Waals surface area contributed by atoms with Crippen LogP contribution in [0.15, 0.2) is 72.8 Å². The summed E-state index contributed by atoms with van der Waals surface area (Å²) in [5.41, 5.74) is 4.28. The third kappa shape index (κ3) is 4.72. The van der Waals surface area contributed by atoms with Crippen LogP contribution in [0.2, 0.25) is 0 Å². The third-order valence-corrected chi connectivity index (χ3v) is 4.80. The van der Waals surface area contributed by atoms with Crippen molar-refractivity contribution in [3.05, 3.63) is 89.5 Å². The first-order chi connectivity index (χ1) is 14.2. The SMILES string of the molecule is COc1ccc(C/C=C(/c2ccccc2)c2ccc(OC)cc2OC)c(OC)c1. The molecule has 0 aromatic heterocycles. The Morgan fingerprint density at radius 3 is 1.93 bits per heavy atom. The van der Waals surface area contributed by atoms with E-state index in [0.717, 1.165) is 45.3 Å². The molecule has 3 aromatic carbocycles. The number of ether oxygens (including phenoxy) is 4. The van der Waals surface area contributed by atoms with Gasteiger partial charge in [-0.3, -0.25) is 0 Å². The van der Waals surface area contributed by atoms with Crippen LogP contribution < -0.4 is 18.9 Å². The maximum Gasteiger partial charge on any atom is 0.130 e. The normalized spacial score (nSPS) is 11.1. The van der Waals surface area contributed by atoms with E-state index in [1.54, 1.807) is 28.4 Å². The summed E-state index contributed by atoms with van der Waals surface area (Å²) in [7, 11) is 6.65. The Hall–Kier alpha value is -3.40. The maximum absolute atomic E-state index is 5.66. The quantitative estimate of drug-likeness (QED) is 0.516. The standard InChI is InChI=1S/C25H26O4/c1-26-20-12-10-19(24(16-20)28-3)11-14-22(18-8-6-5-7-9-18)23-15-13-21(27-2)17-25(23)29-4/h5-10,12-17H,11H2,1-4H3/b22-14-. The van der Waals surface area contributed by atoms with E-state index in [0.29, 0.717) is 6.42 Å². The fourth-order valence-corrected chi connectivity index (χ4v) is 3.25. The topological polar surface area (TPSA) is 36.9 Å². The van der Waals surface area contributed by atoms with Gasteiger partial charge in [0.25, 0.3) is 0 Å². The van der Waals surface area contributed by atoms with Crippen LogP contribution in [-0.2, 0) is 6.42 Å². The Morgan fingerprint density at radius 2 is 1.31 bits per heavy atom. The van der Waals surface area contributed by atoms with Crippen molar-refractivity contribution < 1.29 is 18.9 Å². The Kier molecular flexibility index (Phi) is 6.80. The molecule has 0 N–H and O–H groups in total. The second-order valence-corrected chi connectivity index (χ2v) is 6.43. The van der Waals surface area contributed by atoms with E-state index in [4.69, 9.17) is 18.9 Å². The van der Waals surface area contributed by atoms with Gasteiger partial charge in [0.1, 0.15) is 23.0 Å². The van der Waals surface area contributed by atoms with E-state index in [9.17, 15) is 0 Å². The van der Waals surface area contributed by atoms with Crippen LogP contribution in [0.25, 0.3) is 5.57 Å². The summed E-state index contributed by atoms with van der Waals surface area (Å²) >= 11 is 0. The first-order valence-corrected chi connectivity index (χ1v) is 9.39. The predicted molar refractivity (Wildman–Crippen MR) is 116 cm³/mol. The van der Waals surface area contributed by atoms with Gasteiger partial charge in [0.2, 0.25) is 0 Å². The largest absolute Gasteiger partial charge is 0.497 e. The average molecular weight is 390 g/mol. The number of methoxy groups -OCH3 is 4. The predicted octanol–water partition coefficient (Wildman–Crippen LogP) is 5.40. The molecule has 29 heavy (non-hydrogen) atoms. The molecule has 0 fully saturated rings. The molecule has 0 aliphatic heterocycles. The lowest BCUT2D eigenvalue weighted by molar-refractivity contribution is 0.391. The monoisotopic (exact) mass is 390 g/mol. The molecule has 0 unspecified atom stereocenters.